The second-order valence-corrected chi connectivity index (χ2v) is 7.42. The summed E-state index contributed by atoms with van der Waals surface area (Å²) in [5, 5.41) is 7.48. The first-order valence-corrected chi connectivity index (χ1v) is 10.1. The van der Waals surface area contributed by atoms with E-state index in [9.17, 15) is 9.59 Å². The number of benzene rings is 1. The van der Waals surface area contributed by atoms with Crippen molar-refractivity contribution in [2.24, 2.45) is 0 Å². The highest BCUT2D eigenvalue weighted by Gasteiger charge is 2.31. The maximum Gasteiger partial charge on any atom is 0.279 e. The molecule has 1 aliphatic heterocycles. The van der Waals surface area contributed by atoms with Gasteiger partial charge in [0.05, 0.1) is 10.7 Å². The number of amides is 2. The Bertz CT molecular complexity index is 969. The number of fused-ring (bicyclic) bond motifs is 1. The minimum atomic E-state index is -0.371. The van der Waals surface area contributed by atoms with Crippen LogP contribution in [0.25, 0.3) is 10.1 Å². The molecule has 1 fully saturated rings. The quantitative estimate of drug-likeness (QED) is 0.624. The highest BCUT2D eigenvalue weighted by molar-refractivity contribution is 7.13. The summed E-state index contributed by atoms with van der Waals surface area (Å²) in [7, 11) is 0. The van der Waals surface area contributed by atoms with Gasteiger partial charge < -0.3 is 10.6 Å². The molecule has 144 valence electrons. The van der Waals surface area contributed by atoms with Crippen molar-refractivity contribution in [1.29, 1.82) is 0 Å². The van der Waals surface area contributed by atoms with Gasteiger partial charge in [-0.1, -0.05) is 18.2 Å². The molecule has 1 aromatic carbocycles. The maximum atomic E-state index is 12.9. The fourth-order valence-corrected chi connectivity index (χ4v) is 4.08. The van der Waals surface area contributed by atoms with Crippen LogP contribution in [0.1, 0.15) is 23.3 Å². The fraction of sp³-hybridized carbons (Fsp3) is 0.300. The van der Waals surface area contributed by atoms with Crippen LogP contribution in [0.5, 0.6) is 0 Å². The van der Waals surface area contributed by atoms with Crippen LogP contribution in [-0.4, -0.2) is 51.7 Å². The maximum absolute atomic E-state index is 12.9. The van der Waals surface area contributed by atoms with E-state index < -0.39 is 0 Å². The van der Waals surface area contributed by atoms with E-state index in [4.69, 9.17) is 0 Å². The molecule has 0 spiro atoms. The van der Waals surface area contributed by atoms with Crippen molar-refractivity contribution < 1.29 is 9.59 Å². The number of carbonyl (C=O) groups excluding carboxylic acids is 2. The molecule has 0 radical (unpaired) electrons. The summed E-state index contributed by atoms with van der Waals surface area (Å²) in [5.41, 5.74) is 0.271. The first-order valence-electron chi connectivity index (χ1n) is 9.32. The molecular weight excluding hydrogens is 374 g/mol. The zero-order valence-corrected chi connectivity index (χ0v) is 16.1. The Hall–Kier alpha value is -2.84. The zero-order chi connectivity index (χ0) is 19.3. The number of nitrogens with one attached hydrogen (secondary N) is 2. The van der Waals surface area contributed by atoms with Crippen molar-refractivity contribution in [3.8, 4) is 0 Å². The predicted molar refractivity (Wildman–Crippen MR) is 109 cm³/mol. The normalized spacial score (nSPS) is 16.2. The summed E-state index contributed by atoms with van der Waals surface area (Å²) in [6.45, 7) is 1.47. The molecule has 3 aromatic rings. The van der Waals surface area contributed by atoms with Crippen molar-refractivity contribution in [3.05, 3.63) is 54.4 Å². The standard InChI is InChI=1S/C20H21N5O2S/c26-19(15-7-3-4-10-21-15)25(20(27)16-8-5-11-22-16)13-12-23-18-14-6-1-2-9-17(14)28-24-18/h1-4,6-7,9-10,16,22H,5,8,11-13H2,(H,23,24). The van der Waals surface area contributed by atoms with E-state index in [1.165, 1.54) is 16.4 Å². The van der Waals surface area contributed by atoms with E-state index in [1.54, 1.807) is 24.4 Å². The molecule has 1 unspecified atom stereocenters. The molecule has 0 bridgehead atoms. The molecule has 1 saturated heterocycles. The van der Waals surface area contributed by atoms with Crippen molar-refractivity contribution in [2.75, 3.05) is 25.0 Å². The number of nitrogens with zero attached hydrogens (tertiary/aromatic N) is 3. The Morgan fingerprint density at radius 3 is 2.86 bits per heavy atom. The number of aromatic nitrogens is 2. The van der Waals surface area contributed by atoms with E-state index in [0.29, 0.717) is 6.54 Å². The number of hydrogen-bond donors (Lipinski definition) is 2. The van der Waals surface area contributed by atoms with Gasteiger partial charge in [0, 0.05) is 24.7 Å². The molecule has 2 amide bonds. The lowest BCUT2D eigenvalue weighted by Crippen LogP contribution is -2.48. The second-order valence-electron chi connectivity index (χ2n) is 6.61. The van der Waals surface area contributed by atoms with Gasteiger partial charge in [-0.25, -0.2) is 0 Å². The van der Waals surface area contributed by atoms with Crippen LogP contribution < -0.4 is 10.6 Å². The van der Waals surface area contributed by atoms with Gasteiger partial charge in [-0.05, 0) is 55.2 Å². The van der Waals surface area contributed by atoms with Gasteiger partial charge in [-0.15, -0.1) is 0 Å². The van der Waals surface area contributed by atoms with E-state index in [2.05, 4.69) is 20.0 Å². The van der Waals surface area contributed by atoms with Crippen LogP contribution >= 0.6 is 11.5 Å². The van der Waals surface area contributed by atoms with Crippen LogP contribution in [0.3, 0.4) is 0 Å². The Morgan fingerprint density at radius 1 is 1.21 bits per heavy atom. The number of anilines is 1. The molecule has 2 N–H and O–H groups in total. The van der Waals surface area contributed by atoms with Crippen LogP contribution in [0, 0.1) is 0 Å². The topological polar surface area (TPSA) is 87.2 Å². The van der Waals surface area contributed by atoms with Crippen molar-refractivity contribution >= 4 is 39.3 Å². The lowest BCUT2D eigenvalue weighted by Gasteiger charge is -2.24. The summed E-state index contributed by atoms with van der Waals surface area (Å²) in [6.07, 6.45) is 3.24. The van der Waals surface area contributed by atoms with E-state index >= 15 is 0 Å². The zero-order valence-electron chi connectivity index (χ0n) is 15.3. The molecular formula is C20H21N5O2S. The fourth-order valence-electron chi connectivity index (χ4n) is 3.32. The highest BCUT2D eigenvalue weighted by atomic mass is 32.1. The Kier molecular flexibility index (Phi) is 5.59. The van der Waals surface area contributed by atoms with E-state index in [0.717, 1.165) is 35.3 Å². The van der Waals surface area contributed by atoms with Gasteiger partial charge in [-0.2, -0.15) is 4.37 Å². The predicted octanol–water partition coefficient (Wildman–Crippen LogP) is 2.52. The summed E-state index contributed by atoms with van der Waals surface area (Å²) in [4.78, 5) is 31.3. The second kappa shape index (κ2) is 8.45. The molecule has 7 nitrogen and oxygen atoms in total. The van der Waals surface area contributed by atoms with Crippen LogP contribution in [0.2, 0.25) is 0 Å². The summed E-state index contributed by atoms with van der Waals surface area (Å²) < 4.78 is 5.53. The van der Waals surface area contributed by atoms with E-state index in [1.807, 2.05) is 24.3 Å². The largest absolute Gasteiger partial charge is 0.367 e. The average Bonchev–Trinajstić information content (AvgIpc) is 3.41. The minimum absolute atomic E-state index is 0.196. The van der Waals surface area contributed by atoms with E-state index in [-0.39, 0.29) is 30.1 Å². The third-order valence-corrected chi connectivity index (χ3v) is 5.59. The molecule has 8 heteroatoms. The first kappa shape index (κ1) is 18.5. The minimum Gasteiger partial charge on any atom is -0.367 e. The Balaban J connectivity index is 1.48. The van der Waals surface area contributed by atoms with Crippen molar-refractivity contribution in [3.63, 3.8) is 0 Å². The number of carbonyl (C=O) groups is 2. The third kappa shape index (κ3) is 3.88. The Labute approximate surface area is 166 Å². The van der Waals surface area contributed by atoms with Gasteiger partial charge in [0.1, 0.15) is 11.5 Å². The summed E-state index contributed by atoms with van der Waals surface area (Å²) in [5.74, 6) is 0.208. The smallest absolute Gasteiger partial charge is 0.279 e. The van der Waals surface area contributed by atoms with Crippen LogP contribution in [0.4, 0.5) is 5.82 Å². The molecule has 3 heterocycles. The molecule has 0 aliphatic carbocycles. The van der Waals surface area contributed by atoms with Gasteiger partial charge in [0.25, 0.3) is 5.91 Å². The van der Waals surface area contributed by atoms with Gasteiger partial charge in [0.2, 0.25) is 5.91 Å². The molecule has 4 rings (SSSR count). The third-order valence-electron chi connectivity index (χ3n) is 4.76. The van der Waals surface area contributed by atoms with Gasteiger partial charge in [0.15, 0.2) is 0 Å². The molecule has 2 aromatic heterocycles. The average molecular weight is 395 g/mol. The number of rotatable bonds is 6. The lowest BCUT2D eigenvalue weighted by atomic mass is 10.2. The number of hydrogen-bond acceptors (Lipinski definition) is 7. The summed E-state index contributed by atoms with van der Waals surface area (Å²) in [6, 6.07) is 12.8. The monoisotopic (exact) mass is 395 g/mol. The highest BCUT2D eigenvalue weighted by Crippen LogP contribution is 2.25. The van der Waals surface area contributed by atoms with Crippen molar-refractivity contribution in [2.45, 2.75) is 18.9 Å². The van der Waals surface area contributed by atoms with Gasteiger partial charge >= 0.3 is 0 Å². The SMILES string of the molecule is O=C(c1ccccn1)N(CCNc1nsc2ccccc12)C(=O)C1CCCN1. The summed E-state index contributed by atoms with van der Waals surface area (Å²) >= 11 is 1.42. The Morgan fingerprint density at radius 2 is 2.07 bits per heavy atom. The molecule has 0 saturated carbocycles. The molecule has 28 heavy (non-hydrogen) atoms. The van der Waals surface area contributed by atoms with Crippen LogP contribution in [0.15, 0.2) is 48.7 Å². The lowest BCUT2D eigenvalue weighted by molar-refractivity contribution is -0.130. The number of pyridine rings is 1. The molecule has 1 atom stereocenters. The number of imide groups is 1. The molecule has 1 aliphatic rings. The van der Waals surface area contributed by atoms with Crippen LogP contribution in [-0.2, 0) is 4.79 Å². The van der Waals surface area contributed by atoms with Crippen molar-refractivity contribution in [1.82, 2.24) is 19.6 Å². The first-order chi connectivity index (χ1) is 13.7. The van der Waals surface area contributed by atoms with Gasteiger partial charge in [-0.3, -0.25) is 19.5 Å².